The van der Waals surface area contributed by atoms with Crippen LogP contribution < -0.4 is 5.32 Å². The molecule has 1 heterocycles. The highest BCUT2D eigenvalue weighted by Gasteiger charge is 2.27. The molecule has 0 radical (unpaired) electrons. The summed E-state index contributed by atoms with van der Waals surface area (Å²) in [4.78, 5) is 24.6. The standard InChI is InChI=1S/C13H24N2O3/c1-9(2)14-13(18)10(3)15-6-4-11(5-7-15)8-12(16)17/h9-11H,4-8H2,1-3H3,(H,14,18)(H,16,17). The van der Waals surface area contributed by atoms with Crippen LogP contribution in [0.3, 0.4) is 0 Å². The van der Waals surface area contributed by atoms with Crippen LogP contribution in [0.1, 0.15) is 40.0 Å². The van der Waals surface area contributed by atoms with Gasteiger partial charge in [0.05, 0.1) is 6.04 Å². The number of piperidine rings is 1. The highest BCUT2D eigenvalue weighted by atomic mass is 16.4. The van der Waals surface area contributed by atoms with E-state index in [9.17, 15) is 9.59 Å². The second kappa shape index (κ2) is 6.73. The van der Waals surface area contributed by atoms with Crippen molar-refractivity contribution in [3.05, 3.63) is 0 Å². The number of hydrogen-bond donors (Lipinski definition) is 2. The molecule has 2 N–H and O–H groups in total. The van der Waals surface area contributed by atoms with Gasteiger partial charge in [-0.2, -0.15) is 0 Å². The Balaban J connectivity index is 2.37. The van der Waals surface area contributed by atoms with Crippen molar-refractivity contribution in [3.8, 4) is 0 Å². The lowest BCUT2D eigenvalue weighted by molar-refractivity contribution is -0.139. The number of carbonyl (C=O) groups is 2. The summed E-state index contributed by atoms with van der Waals surface area (Å²) in [6, 6.07) is 0.0303. The molecule has 0 aromatic rings. The fraction of sp³-hybridized carbons (Fsp3) is 0.846. The van der Waals surface area contributed by atoms with Gasteiger partial charge in [-0.1, -0.05) is 0 Å². The summed E-state index contributed by atoms with van der Waals surface area (Å²) in [5.41, 5.74) is 0. The van der Waals surface area contributed by atoms with Gasteiger partial charge in [0.15, 0.2) is 0 Å². The van der Waals surface area contributed by atoms with Crippen LogP contribution in [-0.2, 0) is 9.59 Å². The molecule has 1 rings (SSSR count). The average Bonchev–Trinajstić information content (AvgIpc) is 2.27. The van der Waals surface area contributed by atoms with Crippen LogP contribution in [0, 0.1) is 5.92 Å². The minimum Gasteiger partial charge on any atom is -0.481 e. The number of rotatable bonds is 5. The van der Waals surface area contributed by atoms with E-state index in [-0.39, 0.29) is 30.3 Å². The molecule has 1 aliphatic heterocycles. The number of nitrogens with zero attached hydrogens (tertiary/aromatic N) is 1. The molecule has 1 saturated heterocycles. The Morgan fingerprint density at radius 1 is 1.28 bits per heavy atom. The molecule has 1 amide bonds. The molecule has 104 valence electrons. The minimum absolute atomic E-state index is 0.0571. The first kappa shape index (κ1) is 15.0. The van der Waals surface area contributed by atoms with E-state index in [0.717, 1.165) is 25.9 Å². The lowest BCUT2D eigenvalue weighted by atomic mass is 9.93. The molecule has 1 atom stereocenters. The number of likely N-dealkylation sites (tertiary alicyclic amines) is 1. The van der Waals surface area contributed by atoms with Gasteiger partial charge >= 0.3 is 5.97 Å². The van der Waals surface area contributed by atoms with E-state index in [1.165, 1.54) is 0 Å². The monoisotopic (exact) mass is 256 g/mol. The fourth-order valence-electron chi connectivity index (χ4n) is 2.36. The van der Waals surface area contributed by atoms with Gasteiger partial charge in [-0.15, -0.1) is 0 Å². The number of aliphatic carboxylic acids is 1. The van der Waals surface area contributed by atoms with E-state index in [0.29, 0.717) is 0 Å². The van der Waals surface area contributed by atoms with Crippen LogP contribution in [0.4, 0.5) is 0 Å². The number of carboxylic acids is 1. The second-order valence-electron chi connectivity index (χ2n) is 5.42. The van der Waals surface area contributed by atoms with Gasteiger partial charge in [0.25, 0.3) is 0 Å². The van der Waals surface area contributed by atoms with Crippen LogP contribution in [0.2, 0.25) is 0 Å². The zero-order valence-corrected chi connectivity index (χ0v) is 11.5. The summed E-state index contributed by atoms with van der Waals surface area (Å²) in [5, 5.41) is 11.7. The predicted octanol–water partition coefficient (Wildman–Crippen LogP) is 1.09. The number of hydrogen-bond acceptors (Lipinski definition) is 3. The van der Waals surface area contributed by atoms with Crippen LogP contribution in [-0.4, -0.2) is 47.1 Å². The van der Waals surface area contributed by atoms with Crippen molar-refractivity contribution in [3.63, 3.8) is 0 Å². The molecule has 5 heteroatoms. The van der Waals surface area contributed by atoms with Crippen molar-refractivity contribution in [1.82, 2.24) is 10.2 Å². The summed E-state index contributed by atoms with van der Waals surface area (Å²) < 4.78 is 0. The molecule has 0 aliphatic carbocycles. The minimum atomic E-state index is -0.723. The summed E-state index contributed by atoms with van der Waals surface area (Å²) in [7, 11) is 0. The van der Waals surface area contributed by atoms with Gasteiger partial charge in [0, 0.05) is 12.5 Å². The summed E-state index contributed by atoms with van der Waals surface area (Å²) in [6.07, 6.45) is 1.98. The van der Waals surface area contributed by atoms with E-state index < -0.39 is 5.97 Å². The normalized spacial score (nSPS) is 19.8. The topological polar surface area (TPSA) is 69.6 Å². The zero-order valence-electron chi connectivity index (χ0n) is 11.5. The smallest absolute Gasteiger partial charge is 0.303 e. The van der Waals surface area contributed by atoms with Crippen LogP contribution in [0.25, 0.3) is 0 Å². The largest absolute Gasteiger partial charge is 0.481 e. The molecular weight excluding hydrogens is 232 g/mol. The van der Waals surface area contributed by atoms with Gasteiger partial charge in [0.1, 0.15) is 0 Å². The lowest BCUT2D eigenvalue weighted by Gasteiger charge is -2.35. The Morgan fingerprint density at radius 2 is 1.83 bits per heavy atom. The Hall–Kier alpha value is -1.10. The van der Waals surface area contributed by atoms with Crippen LogP contribution in [0.15, 0.2) is 0 Å². The van der Waals surface area contributed by atoms with Gasteiger partial charge in [0.2, 0.25) is 5.91 Å². The van der Waals surface area contributed by atoms with E-state index in [1.807, 2.05) is 20.8 Å². The number of amides is 1. The summed E-state index contributed by atoms with van der Waals surface area (Å²) >= 11 is 0. The molecule has 18 heavy (non-hydrogen) atoms. The highest BCUT2D eigenvalue weighted by molar-refractivity contribution is 5.81. The molecule has 0 aromatic carbocycles. The maximum Gasteiger partial charge on any atom is 0.303 e. The van der Waals surface area contributed by atoms with Gasteiger partial charge < -0.3 is 10.4 Å². The van der Waals surface area contributed by atoms with E-state index in [1.54, 1.807) is 0 Å². The van der Waals surface area contributed by atoms with Gasteiger partial charge in [-0.3, -0.25) is 14.5 Å². The highest BCUT2D eigenvalue weighted by Crippen LogP contribution is 2.21. The van der Waals surface area contributed by atoms with Crippen molar-refractivity contribution in [2.45, 2.75) is 52.1 Å². The third-order valence-corrected chi connectivity index (χ3v) is 3.47. The molecule has 0 spiro atoms. The molecule has 0 aromatic heterocycles. The Kier molecular flexibility index (Phi) is 5.59. The molecule has 1 aliphatic rings. The maximum absolute atomic E-state index is 11.9. The molecule has 1 fully saturated rings. The first-order chi connectivity index (χ1) is 8.40. The van der Waals surface area contributed by atoms with Crippen molar-refractivity contribution < 1.29 is 14.7 Å². The Morgan fingerprint density at radius 3 is 2.28 bits per heavy atom. The molecule has 0 saturated carbocycles. The predicted molar refractivity (Wildman–Crippen MR) is 69.3 cm³/mol. The fourth-order valence-corrected chi connectivity index (χ4v) is 2.36. The number of carbonyl (C=O) groups excluding carboxylic acids is 1. The Labute approximate surface area is 109 Å². The van der Waals surface area contributed by atoms with Crippen LogP contribution in [0.5, 0.6) is 0 Å². The second-order valence-corrected chi connectivity index (χ2v) is 5.42. The van der Waals surface area contributed by atoms with Gasteiger partial charge in [-0.25, -0.2) is 0 Å². The molecular formula is C13H24N2O3. The quantitative estimate of drug-likeness (QED) is 0.772. The third-order valence-electron chi connectivity index (χ3n) is 3.47. The van der Waals surface area contributed by atoms with Gasteiger partial charge in [-0.05, 0) is 52.6 Å². The van der Waals surface area contributed by atoms with E-state index in [4.69, 9.17) is 5.11 Å². The summed E-state index contributed by atoms with van der Waals surface area (Å²) in [5.74, 6) is -0.403. The first-order valence-corrected chi connectivity index (χ1v) is 6.66. The Bertz CT molecular complexity index is 297. The summed E-state index contributed by atoms with van der Waals surface area (Å²) in [6.45, 7) is 7.43. The maximum atomic E-state index is 11.9. The SMILES string of the molecule is CC(C)NC(=O)C(C)N1CCC(CC(=O)O)CC1. The third kappa shape index (κ3) is 4.64. The number of carboxylic acid groups (broad SMARTS) is 1. The van der Waals surface area contributed by atoms with Crippen molar-refractivity contribution in [1.29, 1.82) is 0 Å². The average molecular weight is 256 g/mol. The molecule has 5 nitrogen and oxygen atoms in total. The van der Waals surface area contributed by atoms with Crippen molar-refractivity contribution in [2.75, 3.05) is 13.1 Å². The number of nitrogens with one attached hydrogen (secondary N) is 1. The van der Waals surface area contributed by atoms with Crippen LogP contribution >= 0.6 is 0 Å². The zero-order chi connectivity index (χ0) is 13.7. The molecule has 1 unspecified atom stereocenters. The lowest BCUT2D eigenvalue weighted by Crippen LogP contribution is -2.49. The van der Waals surface area contributed by atoms with Crippen molar-refractivity contribution in [2.24, 2.45) is 5.92 Å². The van der Waals surface area contributed by atoms with Crippen molar-refractivity contribution >= 4 is 11.9 Å². The van der Waals surface area contributed by atoms with E-state index in [2.05, 4.69) is 10.2 Å². The first-order valence-electron chi connectivity index (χ1n) is 6.66. The van der Waals surface area contributed by atoms with E-state index >= 15 is 0 Å². The molecule has 0 bridgehead atoms.